The summed E-state index contributed by atoms with van der Waals surface area (Å²) in [4.78, 5) is 81.0. The molecule has 180 valence electrons. The molecule has 0 rings (SSSR count). The van der Waals surface area contributed by atoms with Crippen LogP contribution in [0.3, 0.4) is 0 Å². The van der Waals surface area contributed by atoms with Crippen molar-refractivity contribution in [3.63, 3.8) is 0 Å². The van der Waals surface area contributed by atoms with Gasteiger partial charge in [0.1, 0.15) is 18.4 Å². The Morgan fingerprint density at radius 1 is 0.812 bits per heavy atom. The van der Waals surface area contributed by atoms with Gasteiger partial charge in [0, 0.05) is 0 Å². The molecule has 32 heavy (non-hydrogen) atoms. The fraction of sp³-hybridized carbons (Fsp3) is 0.611. The van der Waals surface area contributed by atoms with E-state index in [1.165, 1.54) is 0 Å². The maximum Gasteiger partial charge on any atom is 0.305 e. The number of nitrogens with two attached hydrogens (primary N) is 2. The van der Waals surface area contributed by atoms with Crippen LogP contribution in [0.1, 0.15) is 39.5 Å². The van der Waals surface area contributed by atoms with Gasteiger partial charge in [0.2, 0.25) is 23.6 Å². The number of aldehydes is 1. The highest BCUT2D eigenvalue weighted by molar-refractivity contribution is 5.96. The number of primary amides is 1. The number of carboxylic acids is 2. The lowest BCUT2D eigenvalue weighted by molar-refractivity contribution is -0.140. The molecule has 0 aliphatic carbocycles. The summed E-state index contributed by atoms with van der Waals surface area (Å²) in [6.45, 7) is 3.46. The highest BCUT2D eigenvalue weighted by Crippen LogP contribution is 2.07. The van der Waals surface area contributed by atoms with E-state index in [0.29, 0.717) is 0 Å². The summed E-state index contributed by atoms with van der Waals surface area (Å²) in [7, 11) is 0. The Hall–Kier alpha value is -3.55. The second-order valence-corrected chi connectivity index (χ2v) is 7.48. The normalized spacial score (nSPS) is 14.4. The number of carbonyl (C=O) groups excluding carboxylic acids is 5. The number of amides is 4. The fourth-order valence-corrected chi connectivity index (χ4v) is 2.55. The van der Waals surface area contributed by atoms with Gasteiger partial charge in [0.25, 0.3) is 0 Å². The van der Waals surface area contributed by atoms with Crippen molar-refractivity contribution in [3.8, 4) is 0 Å². The third-order valence-electron chi connectivity index (χ3n) is 4.00. The molecular formula is C18H29N5O9. The van der Waals surface area contributed by atoms with E-state index in [0.717, 1.165) is 0 Å². The van der Waals surface area contributed by atoms with Gasteiger partial charge >= 0.3 is 11.9 Å². The number of hydrogen-bond donors (Lipinski definition) is 7. The Morgan fingerprint density at radius 2 is 1.31 bits per heavy atom. The van der Waals surface area contributed by atoms with E-state index >= 15 is 0 Å². The van der Waals surface area contributed by atoms with Crippen molar-refractivity contribution in [1.82, 2.24) is 16.0 Å². The molecule has 0 radical (unpaired) electrons. The molecule has 9 N–H and O–H groups in total. The van der Waals surface area contributed by atoms with Crippen LogP contribution in [0.4, 0.5) is 0 Å². The summed E-state index contributed by atoms with van der Waals surface area (Å²) in [6.07, 6.45) is -1.75. The summed E-state index contributed by atoms with van der Waals surface area (Å²) in [5, 5.41) is 24.2. The molecule has 0 unspecified atom stereocenters. The van der Waals surface area contributed by atoms with E-state index in [4.69, 9.17) is 21.7 Å². The smallest absolute Gasteiger partial charge is 0.305 e. The molecule has 0 aliphatic rings. The molecule has 0 spiro atoms. The molecule has 0 saturated heterocycles. The molecule has 4 atom stereocenters. The van der Waals surface area contributed by atoms with E-state index < -0.39 is 79.0 Å². The average Bonchev–Trinajstić information content (AvgIpc) is 2.64. The maximum atomic E-state index is 12.7. The van der Waals surface area contributed by atoms with Gasteiger partial charge in [-0.25, -0.2) is 0 Å². The highest BCUT2D eigenvalue weighted by atomic mass is 16.4. The van der Waals surface area contributed by atoms with Crippen molar-refractivity contribution < 1.29 is 43.8 Å². The first-order valence-electron chi connectivity index (χ1n) is 9.60. The molecule has 0 fully saturated rings. The van der Waals surface area contributed by atoms with Crippen LogP contribution < -0.4 is 27.4 Å². The standard InChI is InChI=1S/C18H29N5O9/c1-8(2)3-11(17(31)21-9(7-24)4-14(26)27)23-18(32)12(6-13(20)25)22-16(30)10(19)5-15(28)29/h7-12H,3-6,19H2,1-2H3,(H2,20,25)(H,21,31)(H,22,30)(H,23,32)(H,26,27)(H,28,29)/t9-,10-,11-,12-/m0/s1. The van der Waals surface area contributed by atoms with Crippen molar-refractivity contribution in [2.45, 2.75) is 63.7 Å². The lowest BCUT2D eigenvalue weighted by Gasteiger charge is -2.25. The molecule has 0 saturated carbocycles. The Kier molecular flexibility index (Phi) is 12.2. The van der Waals surface area contributed by atoms with Gasteiger partial charge in [-0.15, -0.1) is 0 Å². The zero-order chi connectivity index (χ0) is 25.0. The Labute approximate surface area is 183 Å². The summed E-state index contributed by atoms with van der Waals surface area (Å²) >= 11 is 0. The summed E-state index contributed by atoms with van der Waals surface area (Å²) < 4.78 is 0. The van der Waals surface area contributed by atoms with Gasteiger partial charge < -0.3 is 42.4 Å². The third-order valence-corrected chi connectivity index (χ3v) is 4.00. The number of hydrogen-bond acceptors (Lipinski definition) is 8. The monoisotopic (exact) mass is 459 g/mol. The molecule has 4 amide bonds. The van der Waals surface area contributed by atoms with Crippen LogP contribution >= 0.6 is 0 Å². The van der Waals surface area contributed by atoms with Crippen molar-refractivity contribution in [3.05, 3.63) is 0 Å². The highest BCUT2D eigenvalue weighted by Gasteiger charge is 2.31. The van der Waals surface area contributed by atoms with Gasteiger partial charge in [-0.2, -0.15) is 0 Å². The van der Waals surface area contributed by atoms with Crippen molar-refractivity contribution in [2.24, 2.45) is 17.4 Å². The van der Waals surface area contributed by atoms with Crippen molar-refractivity contribution in [2.75, 3.05) is 0 Å². The summed E-state index contributed by atoms with van der Waals surface area (Å²) in [5.41, 5.74) is 10.5. The zero-order valence-corrected chi connectivity index (χ0v) is 17.7. The lowest BCUT2D eigenvalue weighted by Crippen LogP contribution is -2.57. The van der Waals surface area contributed by atoms with E-state index in [9.17, 15) is 33.6 Å². The minimum absolute atomic E-state index is 0.0754. The predicted octanol–water partition coefficient (Wildman–Crippen LogP) is -3.16. The first kappa shape index (κ1) is 28.5. The fourth-order valence-electron chi connectivity index (χ4n) is 2.55. The number of carboxylic acid groups (broad SMARTS) is 2. The van der Waals surface area contributed by atoms with Crippen molar-refractivity contribution in [1.29, 1.82) is 0 Å². The van der Waals surface area contributed by atoms with E-state index in [-0.39, 0.29) is 18.6 Å². The first-order chi connectivity index (χ1) is 14.8. The van der Waals surface area contributed by atoms with E-state index in [2.05, 4.69) is 16.0 Å². The number of nitrogens with one attached hydrogen (secondary N) is 3. The second kappa shape index (κ2) is 13.7. The predicted molar refractivity (Wildman–Crippen MR) is 108 cm³/mol. The first-order valence-corrected chi connectivity index (χ1v) is 9.60. The molecule has 14 nitrogen and oxygen atoms in total. The van der Waals surface area contributed by atoms with Crippen LogP contribution in [-0.4, -0.2) is 76.2 Å². The lowest BCUT2D eigenvalue weighted by atomic mass is 10.0. The molecule has 0 heterocycles. The zero-order valence-electron chi connectivity index (χ0n) is 17.7. The van der Waals surface area contributed by atoms with Crippen LogP contribution in [-0.2, 0) is 33.6 Å². The van der Waals surface area contributed by atoms with Crippen LogP contribution in [0.2, 0.25) is 0 Å². The molecule has 14 heteroatoms. The molecule has 0 aromatic rings. The summed E-state index contributed by atoms with van der Waals surface area (Å²) in [6, 6.07) is -5.63. The summed E-state index contributed by atoms with van der Waals surface area (Å²) in [5.74, 6) is -6.64. The third kappa shape index (κ3) is 11.6. The number of carbonyl (C=O) groups is 7. The van der Waals surface area contributed by atoms with Crippen LogP contribution in [0.5, 0.6) is 0 Å². The minimum atomic E-state index is -1.55. The van der Waals surface area contributed by atoms with E-state index in [1.54, 1.807) is 13.8 Å². The van der Waals surface area contributed by atoms with Crippen LogP contribution in [0, 0.1) is 5.92 Å². The van der Waals surface area contributed by atoms with Crippen LogP contribution in [0.25, 0.3) is 0 Å². The number of aliphatic carboxylic acids is 2. The number of rotatable bonds is 15. The molecule has 0 aromatic carbocycles. The molecule has 0 aromatic heterocycles. The van der Waals surface area contributed by atoms with Gasteiger partial charge in [-0.3, -0.25) is 28.8 Å². The Bertz CT molecular complexity index is 740. The van der Waals surface area contributed by atoms with E-state index in [1.807, 2.05) is 0 Å². The topological polar surface area (TPSA) is 248 Å². The second-order valence-electron chi connectivity index (χ2n) is 7.48. The maximum absolute atomic E-state index is 12.7. The Morgan fingerprint density at radius 3 is 1.75 bits per heavy atom. The molecular weight excluding hydrogens is 430 g/mol. The quantitative estimate of drug-likeness (QED) is 0.121. The largest absolute Gasteiger partial charge is 0.481 e. The van der Waals surface area contributed by atoms with Crippen LogP contribution in [0.15, 0.2) is 0 Å². The van der Waals surface area contributed by atoms with Gasteiger partial charge in [-0.1, -0.05) is 13.8 Å². The Balaban J connectivity index is 5.46. The average molecular weight is 459 g/mol. The minimum Gasteiger partial charge on any atom is -0.481 e. The molecule has 0 bridgehead atoms. The van der Waals surface area contributed by atoms with Gasteiger partial charge in [0.15, 0.2) is 0 Å². The molecule has 0 aliphatic heterocycles. The van der Waals surface area contributed by atoms with Gasteiger partial charge in [0.05, 0.1) is 31.3 Å². The SMILES string of the molecule is CC(C)C[C@H](NC(=O)[C@H](CC(N)=O)NC(=O)[C@@H](N)CC(=O)O)C(=O)N[C@H](C=O)CC(=O)O. The van der Waals surface area contributed by atoms with Gasteiger partial charge in [-0.05, 0) is 12.3 Å². The van der Waals surface area contributed by atoms with Crippen molar-refractivity contribution >= 4 is 41.9 Å².